The molecule has 6 nitrogen and oxygen atoms in total. The third-order valence-corrected chi connectivity index (χ3v) is 6.75. The van der Waals surface area contributed by atoms with E-state index in [2.05, 4.69) is 5.32 Å². The summed E-state index contributed by atoms with van der Waals surface area (Å²) in [5, 5.41) is 1.86. The van der Waals surface area contributed by atoms with Gasteiger partial charge in [-0.3, -0.25) is 9.59 Å². The van der Waals surface area contributed by atoms with Crippen LogP contribution in [0.4, 0.5) is 18.9 Å². The first kappa shape index (κ1) is 20.6. The van der Waals surface area contributed by atoms with Crippen LogP contribution in [0, 0.1) is 0 Å². The van der Waals surface area contributed by atoms with Gasteiger partial charge in [0.05, 0.1) is 28.5 Å². The summed E-state index contributed by atoms with van der Waals surface area (Å²) in [5.41, 5.74) is -1.43. The Morgan fingerprint density at radius 3 is 2.58 bits per heavy atom. The molecule has 2 rings (SSSR count). The first-order chi connectivity index (χ1) is 12.1. The Morgan fingerprint density at radius 1 is 1.27 bits per heavy atom. The molecule has 1 saturated heterocycles. The molecule has 1 aliphatic heterocycles. The van der Waals surface area contributed by atoms with E-state index >= 15 is 0 Å². The smallest absolute Gasteiger partial charge is 0.418 e. The van der Waals surface area contributed by atoms with Crippen LogP contribution >= 0.6 is 11.8 Å². The lowest BCUT2D eigenvalue weighted by Gasteiger charge is -2.13. The highest BCUT2D eigenvalue weighted by Gasteiger charge is 2.33. The number of sulfone groups is 1. The average molecular weight is 411 g/mol. The van der Waals surface area contributed by atoms with Crippen LogP contribution < -0.4 is 5.32 Å². The molecular weight excluding hydrogens is 395 g/mol. The molecule has 0 aliphatic carbocycles. The number of alkyl halides is 3. The van der Waals surface area contributed by atoms with E-state index in [0.717, 1.165) is 23.9 Å². The molecule has 1 amide bonds. The van der Waals surface area contributed by atoms with Gasteiger partial charge in [-0.1, -0.05) is 12.1 Å². The number of rotatable bonds is 6. The van der Waals surface area contributed by atoms with Crippen LogP contribution in [0.15, 0.2) is 24.3 Å². The van der Waals surface area contributed by atoms with E-state index < -0.39 is 45.7 Å². The third-order valence-electron chi connectivity index (χ3n) is 3.50. The van der Waals surface area contributed by atoms with E-state index in [1.54, 1.807) is 0 Å². The minimum atomic E-state index is -4.63. The molecule has 1 fully saturated rings. The predicted octanol–water partition coefficient (Wildman–Crippen LogP) is 2.11. The monoisotopic (exact) mass is 411 g/mol. The van der Waals surface area contributed by atoms with Crippen molar-refractivity contribution in [3.63, 3.8) is 0 Å². The van der Waals surface area contributed by atoms with Crippen molar-refractivity contribution in [3.8, 4) is 0 Å². The van der Waals surface area contributed by atoms with Crippen molar-refractivity contribution >= 4 is 39.2 Å². The molecule has 0 aromatic heterocycles. The largest absolute Gasteiger partial charge is 0.455 e. The molecule has 0 spiro atoms. The minimum absolute atomic E-state index is 0.000338. The van der Waals surface area contributed by atoms with Gasteiger partial charge in [-0.05, 0) is 18.6 Å². The molecule has 144 valence electrons. The summed E-state index contributed by atoms with van der Waals surface area (Å²) in [6, 6.07) is 4.45. The van der Waals surface area contributed by atoms with Crippen LogP contribution in [0.1, 0.15) is 12.0 Å². The molecule has 0 saturated carbocycles. The SMILES string of the molecule is O=C(COC(=O)CS[C@H]1CCS(=O)(=O)C1)Nc1ccccc1C(F)(F)F. The van der Waals surface area contributed by atoms with Gasteiger partial charge in [-0.25, -0.2) is 8.42 Å². The molecule has 1 heterocycles. The van der Waals surface area contributed by atoms with E-state index in [0.29, 0.717) is 6.42 Å². The zero-order chi connectivity index (χ0) is 19.4. The maximum Gasteiger partial charge on any atom is 0.418 e. The Bertz CT molecular complexity index is 780. The van der Waals surface area contributed by atoms with Gasteiger partial charge in [0.25, 0.3) is 5.91 Å². The molecule has 11 heteroatoms. The maximum atomic E-state index is 12.8. The lowest BCUT2D eigenvalue weighted by Crippen LogP contribution is -2.23. The fourth-order valence-electron chi connectivity index (χ4n) is 2.29. The van der Waals surface area contributed by atoms with Crippen molar-refractivity contribution in [2.75, 3.05) is 29.2 Å². The molecule has 26 heavy (non-hydrogen) atoms. The van der Waals surface area contributed by atoms with Crippen LogP contribution in [0.5, 0.6) is 0 Å². The Hall–Kier alpha value is -1.75. The number of esters is 1. The lowest BCUT2D eigenvalue weighted by molar-refractivity contribution is -0.144. The third kappa shape index (κ3) is 6.20. The van der Waals surface area contributed by atoms with Crippen molar-refractivity contribution in [1.29, 1.82) is 0 Å². The zero-order valence-corrected chi connectivity index (χ0v) is 15.0. The van der Waals surface area contributed by atoms with Gasteiger partial charge < -0.3 is 10.1 Å². The second-order valence-electron chi connectivity index (χ2n) is 5.59. The Labute approximate surface area is 152 Å². The average Bonchev–Trinajstić information content (AvgIpc) is 2.89. The highest BCUT2D eigenvalue weighted by molar-refractivity contribution is 8.02. The number of halogens is 3. The topological polar surface area (TPSA) is 89.5 Å². The Kier molecular flexibility index (Phi) is 6.56. The Morgan fingerprint density at radius 2 is 1.96 bits per heavy atom. The zero-order valence-electron chi connectivity index (χ0n) is 13.4. The van der Waals surface area contributed by atoms with Crippen molar-refractivity contribution in [1.82, 2.24) is 0 Å². The van der Waals surface area contributed by atoms with E-state index in [-0.39, 0.29) is 22.5 Å². The van der Waals surface area contributed by atoms with Gasteiger partial charge in [0, 0.05) is 5.25 Å². The standard InChI is InChI=1S/C15H16F3NO5S2/c16-15(17,18)11-3-1-2-4-12(11)19-13(20)7-24-14(21)8-25-10-5-6-26(22,23)9-10/h1-4,10H,5-9H2,(H,19,20)/t10-/m0/s1. The number of para-hydroxylation sites is 1. The van der Waals surface area contributed by atoms with Gasteiger partial charge in [-0.15, -0.1) is 11.8 Å². The van der Waals surface area contributed by atoms with Crippen LogP contribution in [0.2, 0.25) is 0 Å². The number of anilines is 1. The van der Waals surface area contributed by atoms with E-state index in [1.807, 2.05) is 0 Å². The number of nitrogens with one attached hydrogen (secondary N) is 1. The number of hydrogen-bond acceptors (Lipinski definition) is 6. The van der Waals surface area contributed by atoms with E-state index in [9.17, 15) is 31.2 Å². The highest BCUT2D eigenvalue weighted by Crippen LogP contribution is 2.34. The van der Waals surface area contributed by atoms with E-state index in [1.165, 1.54) is 12.1 Å². The number of ether oxygens (including phenoxy) is 1. The Balaban J connectivity index is 1.78. The number of hydrogen-bond donors (Lipinski definition) is 1. The fraction of sp³-hybridized carbons (Fsp3) is 0.467. The summed E-state index contributed by atoms with van der Waals surface area (Å²) in [6.45, 7) is -0.728. The first-order valence-corrected chi connectivity index (χ1v) is 10.4. The number of thioether (sulfide) groups is 1. The number of carbonyl (C=O) groups is 2. The number of amides is 1. The second kappa shape index (κ2) is 8.30. The minimum Gasteiger partial charge on any atom is -0.455 e. The number of benzene rings is 1. The van der Waals surface area contributed by atoms with Gasteiger partial charge in [0.1, 0.15) is 0 Å². The van der Waals surface area contributed by atoms with Crippen molar-refractivity contribution in [3.05, 3.63) is 29.8 Å². The molecule has 0 radical (unpaired) electrons. The van der Waals surface area contributed by atoms with Gasteiger partial charge >= 0.3 is 12.1 Å². The molecular formula is C15H16F3NO5S2. The summed E-state index contributed by atoms with van der Waals surface area (Å²) in [7, 11) is -3.05. The van der Waals surface area contributed by atoms with Gasteiger partial charge in [-0.2, -0.15) is 13.2 Å². The molecule has 1 aliphatic rings. The summed E-state index contributed by atoms with van der Waals surface area (Å²) in [5.74, 6) is -1.69. The van der Waals surface area contributed by atoms with Crippen LogP contribution in [0.25, 0.3) is 0 Å². The molecule has 1 aromatic rings. The summed E-state index contributed by atoms with van der Waals surface area (Å²) < 4.78 is 65.8. The first-order valence-electron chi connectivity index (χ1n) is 7.50. The summed E-state index contributed by atoms with van der Waals surface area (Å²) in [4.78, 5) is 23.3. The quantitative estimate of drug-likeness (QED) is 0.722. The van der Waals surface area contributed by atoms with Crippen molar-refractivity contribution in [2.24, 2.45) is 0 Å². The molecule has 1 atom stereocenters. The molecule has 0 bridgehead atoms. The maximum absolute atomic E-state index is 12.8. The molecule has 1 aromatic carbocycles. The normalized spacial score (nSPS) is 19.1. The van der Waals surface area contributed by atoms with E-state index in [4.69, 9.17) is 4.74 Å². The number of carbonyl (C=O) groups excluding carboxylic acids is 2. The summed E-state index contributed by atoms with van der Waals surface area (Å²) in [6.07, 6.45) is -4.17. The van der Waals surface area contributed by atoms with Gasteiger partial charge in [0.2, 0.25) is 0 Å². The second-order valence-corrected chi connectivity index (χ2v) is 9.11. The van der Waals surface area contributed by atoms with Crippen LogP contribution in [-0.4, -0.2) is 49.4 Å². The van der Waals surface area contributed by atoms with Crippen molar-refractivity contribution in [2.45, 2.75) is 17.8 Å². The fourth-order valence-corrected chi connectivity index (χ4v) is 5.73. The summed E-state index contributed by atoms with van der Waals surface area (Å²) >= 11 is 1.12. The molecule has 0 unspecified atom stereocenters. The predicted molar refractivity (Wildman–Crippen MR) is 90.5 cm³/mol. The highest BCUT2D eigenvalue weighted by atomic mass is 32.2. The van der Waals surface area contributed by atoms with Crippen molar-refractivity contribution < 1.29 is 35.9 Å². The molecule has 1 N–H and O–H groups in total. The van der Waals surface area contributed by atoms with Gasteiger partial charge in [0.15, 0.2) is 16.4 Å². The lowest BCUT2D eigenvalue weighted by atomic mass is 10.1. The van der Waals surface area contributed by atoms with Crippen LogP contribution in [-0.2, 0) is 30.3 Å². The van der Waals surface area contributed by atoms with Crippen LogP contribution in [0.3, 0.4) is 0 Å².